The third-order valence-electron chi connectivity index (χ3n) is 6.40. The van der Waals surface area contributed by atoms with Gasteiger partial charge in [-0.15, -0.1) is 0 Å². The third-order valence-corrected chi connectivity index (χ3v) is 10.0. The summed E-state index contributed by atoms with van der Waals surface area (Å²) in [7, 11) is -7.52. The molecule has 0 fully saturated rings. The number of nitrogens with one attached hydrogen (secondary N) is 1. The van der Waals surface area contributed by atoms with E-state index in [-0.39, 0.29) is 16.2 Å². The molecule has 0 saturated heterocycles. The summed E-state index contributed by atoms with van der Waals surface area (Å²) in [4.78, 5) is 15.8. The minimum Gasteiger partial charge on any atom is -0.480 e. The number of carboxylic acid groups (broad SMARTS) is 1. The van der Waals surface area contributed by atoms with Crippen molar-refractivity contribution in [3.05, 3.63) is 59.8 Å². The van der Waals surface area contributed by atoms with Crippen LogP contribution in [-0.4, -0.2) is 43.9 Å². The van der Waals surface area contributed by atoms with Crippen molar-refractivity contribution in [1.82, 2.24) is 4.98 Å². The molecule has 2 atom stereocenters. The van der Waals surface area contributed by atoms with Crippen LogP contribution in [0.3, 0.4) is 0 Å². The van der Waals surface area contributed by atoms with E-state index in [1.807, 2.05) is 0 Å². The van der Waals surface area contributed by atoms with Crippen LogP contribution in [0.25, 0.3) is 10.9 Å². The average molecular weight is 462 g/mol. The van der Waals surface area contributed by atoms with Crippen molar-refractivity contribution in [2.45, 2.75) is 40.7 Å². The molecular formula is C22H23NO6S2. The lowest BCUT2D eigenvalue weighted by Gasteiger charge is -2.35. The number of aromatic amines is 1. The van der Waals surface area contributed by atoms with Gasteiger partial charge in [-0.3, -0.25) is 4.79 Å². The molecule has 9 heteroatoms. The maximum Gasteiger partial charge on any atom is 0.325 e. The fourth-order valence-electron chi connectivity index (χ4n) is 4.46. The van der Waals surface area contributed by atoms with Gasteiger partial charge in [-0.1, -0.05) is 18.2 Å². The van der Waals surface area contributed by atoms with E-state index in [1.54, 1.807) is 30.3 Å². The van der Waals surface area contributed by atoms with Crippen molar-refractivity contribution >= 4 is 36.5 Å². The number of H-pyrrole nitrogens is 1. The molecule has 0 bridgehead atoms. The molecule has 2 N–H and O–H groups in total. The van der Waals surface area contributed by atoms with Gasteiger partial charge in [0.25, 0.3) is 0 Å². The number of sulfone groups is 2. The predicted molar refractivity (Wildman–Crippen MR) is 117 cm³/mol. The molecule has 1 aliphatic carbocycles. The van der Waals surface area contributed by atoms with Gasteiger partial charge in [-0.25, -0.2) is 16.8 Å². The van der Waals surface area contributed by atoms with E-state index in [1.165, 1.54) is 25.1 Å². The molecule has 31 heavy (non-hydrogen) atoms. The van der Waals surface area contributed by atoms with Crippen molar-refractivity contribution in [3.8, 4) is 0 Å². The molecule has 3 aromatic rings. The number of aryl methyl sites for hydroxylation is 1. The van der Waals surface area contributed by atoms with Gasteiger partial charge in [0, 0.05) is 22.9 Å². The Morgan fingerprint density at radius 2 is 1.74 bits per heavy atom. The first-order chi connectivity index (χ1) is 14.5. The van der Waals surface area contributed by atoms with E-state index in [4.69, 9.17) is 0 Å². The van der Waals surface area contributed by atoms with Crippen molar-refractivity contribution in [2.75, 3.05) is 6.26 Å². The summed E-state index contributed by atoms with van der Waals surface area (Å²) < 4.78 is 48.6. The highest BCUT2D eigenvalue weighted by atomic mass is 32.2. The first-order valence-corrected chi connectivity index (χ1v) is 13.2. The van der Waals surface area contributed by atoms with Gasteiger partial charge in [0.15, 0.2) is 24.4 Å². The molecule has 1 aromatic heterocycles. The minimum atomic E-state index is -4.15. The zero-order chi connectivity index (χ0) is 22.6. The largest absolute Gasteiger partial charge is 0.480 e. The number of carbonyl (C=O) groups is 1. The third kappa shape index (κ3) is 3.36. The zero-order valence-electron chi connectivity index (χ0n) is 17.1. The second-order valence-electron chi connectivity index (χ2n) is 8.23. The van der Waals surface area contributed by atoms with Crippen LogP contribution in [-0.2, 0) is 37.3 Å². The van der Waals surface area contributed by atoms with Gasteiger partial charge >= 0.3 is 5.97 Å². The smallest absolute Gasteiger partial charge is 0.325 e. The summed E-state index contributed by atoms with van der Waals surface area (Å²) in [6.45, 7) is 1.29. The summed E-state index contributed by atoms with van der Waals surface area (Å²) in [6.07, 6.45) is 2.21. The Hall–Kier alpha value is -2.65. The zero-order valence-corrected chi connectivity index (χ0v) is 18.8. The summed E-state index contributed by atoms with van der Waals surface area (Å²) in [5, 5.41) is 10.8. The van der Waals surface area contributed by atoms with Crippen LogP contribution in [0.5, 0.6) is 0 Å². The normalized spacial score (nSPS) is 19.0. The van der Waals surface area contributed by atoms with Gasteiger partial charge in [-0.2, -0.15) is 0 Å². The molecule has 1 aliphatic rings. The number of carboxylic acids is 1. The van der Waals surface area contributed by atoms with Crippen LogP contribution >= 0.6 is 0 Å². The standard InChI is InChI=1S/C22H23NO6S2/c1-22(21(24)25,31(28,29)15-6-4-3-5-7-15)14-8-10-17-18-13-16(30(2,26)27)9-11-19(18)23-20(17)12-14/h3-7,9,11,13-14,23H,8,10,12H2,1-2H3,(H,24,25). The molecule has 0 saturated carbocycles. The number of fused-ring (bicyclic) bond motifs is 3. The number of aromatic nitrogens is 1. The number of rotatable bonds is 5. The Kier molecular flexibility index (Phi) is 5.01. The van der Waals surface area contributed by atoms with E-state index in [2.05, 4.69) is 4.98 Å². The van der Waals surface area contributed by atoms with Crippen molar-refractivity contribution in [3.63, 3.8) is 0 Å². The van der Waals surface area contributed by atoms with Crippen molar-refractivity contribution < 1.29 is 26.7 Å². The summed E-state index contributed by atoms with van der Waals surface area (Å²) in [5.41, 5.74) is 2.43. The monoisotopic (exact) mass is 461 g/mol. The topological polar surface area (TPSA) is 121 Å². The quantitative estimate of drug-likeness (QED) is 0.602. The van der Waals surface area contributed by atoms with Crippen LogP contribution < -0.4 is 0 Å². The molecule has 2 aromatic carbocycles. The van der Waals surface area contributed by atoms with Crippen LogP contribution in [0.15, 0.2) is 58.3 Å². The Balaban J connectivity index is 1.78. The molecule has 4 rings (SSSR count). The Morgan fingerprint density at radius 3 is 2.35 bits per heavy atom. The van der Waals surface area contributed by atoms with E-state index < -0.39 is 36.3 Å². The minimum absolute atomic E-state index is 0.0138. The Morgan fingerprint density at radius 1 is 1.06 bits per heavy atom. The maximum absolute atomic E-state index is 13.4. The highest BCUT2D eigenvalue weighted by Gasteiger charge is 2.54. The number of hydrogen-bond acceptors (Lipinski definition) is 5. The van der Waals surface area contributed by atoms with Crippen LogP contribution in [0.2, 0.25) is 0 Å². The van der Waals surface area contributed by atoms with E-state index >= 15 is 0 Å². The number of aliphatic carboxylic acids is 1. The van der Waals surface area contributed by atoms with Gasteiger partial charge in [-0.05, 0) is 68.0 Å². The molecule has 2 unspecified atom stereocenters. The van der Waals surface area contributed by atoms with E-state index in [0.29, 0.717) is 12.8 Å². The lowest BCUT2D eigenvalue weighted by atomic mass is 9.79. The van der Waals surface area contributed by atoms with E-state index in [9.17, 15) is 26.7 Å². The molecule has 7 nitrogen and oxygen atoms in total. The number of benzene rings is 2. The molecule has 0 aliphatic heterocycles. The molecule has 164 valence electrons. The average Bonchev–Trinajstić information content (AvgIpc) is 3.09. The van der Waals surface area contributed by atoms with Gasteiger partial charge < -0.3 is 10.1 Å². The first kappa shape index (κ1) is 21.6. The predicted octanol–water partition coefficient (Wildman–Crippen LogP) is 2.99. The Bertz CT molecular complexity index is 1390. The van der Waals surface area contributed by atoms with Crippen LogP contribution in [0, 0.1) is 5.92 Å². The van der Waals surface area contributed by atoms with Crippen LogP contribution in [0.4, 0.5) is 0 Å². The fraction of sp³-hybridized carbons (Fsp3) is 0.318. The number of hydrogen-bond donors (Lipinski definition) is 2. The summed E-state index contributed by atoms with van der Waals surface area (Å²) in [5.74, 6) is -2.02. The second kappa shape index (κ2) is 7.20. The SMILES string of the molecule is CC(C(=O)O)(C1CCc2c([nH]c3ccc(S(C)(=O)=O)cc23)C1)S(=O)(=O)c1ccccc1. The Labute approximate surface area is 180 Å². The molecule has 1 heterocycles. The second-order valence-corrected chi connectivity index (χ2v) is 12.6. The van der Waals surface area contributed by atoms with Gasteiger partial charge in [0.2, 0.25) is 0 Å². The summed E-state index contributed by atoms with van der Waals surface area (Å²) in [6, 6.07) is 12.5. The van der Waals surface area contributed by atoms with Gasteiger partial charge in [0.05, 0.1) is 9.79 Å². The summed E-state index contributed by atoms with van der Waals surface area (Å²) >= 11 is 0. The van der Waals surface area contributed by atoms with Crippen molar-refractivity contribution in [2.24, 2.45) is 5.92 Å². The lowest BCUT2D eigenvalue weighted by molar-refractivity contribution is -0.141. The first-order valence-electron chi connectivity index (χ1n) is 9.83. The van der Waals surface area contributed by atoms with Gasteiger partial charge in [0.1, 0.15) is 0 Å². The molecule has 0 amide bonds. The lowest BCUT2D eigenvalue weighted by Crippen LogP contribution is -2.51. The van der Waals surface area contributed by atoms with Crippen LogP contribution in [0.1, 0.15) is 24.6 Å². The fourth-order valence-corrected chi connectivity index (χ4v) is 6.99. The highest BCUT2D eigenvalue weighted by Crippen LogP contribution is 2.42. The molecule has 0 spiro atoms. The molecular weight excluding hydrogens is 438 g/mol. The highest BCUT2D eigenvalue weighted by molar-refractivity contribution is 7.93. The van der Waals surface area contributed by atoms with Crippen molar-refractivity contribution in [1.29, 1.82) is 0 Å². The molecule has 0 radical (unpaired) electrons. The maximum atomic E-state index is 13.4. The van der Waals surface area contributed by atoms with E-state index in [0.717, 1.165) is 28.4 Å².